The average Bonchev–Trinajstić information content (AvgIpc) is 3.39. The minimum atomic E-state index is -3.84. The second-order valence-electron chi connectivity index (χ2n) is 8.97. The van der Waals surface area contributed by atoms with Gasteiger partial charge in [-0.2, -0.15) is 0 Å². The van der Waals surface area contributed by atoms with E-state index in [1.165, 1.54) is 6.20 Å². The molecule has 9 nitrogen and oxygen atoms in total. The number of aromatic amines is 1. The summed E-state index contributed by atoms with van der Waals surface area (Å²) in [5, 5.41) is 0. The van der Waals surface area contributed by atoms with E-state index in [4.69, 9.17) is 4.74 Å². The summed E-state index contributed by atoms with van der Waals surface area (Å²) in [5.41, 5.74) is 1.80. The first-order valence-electron chi connectivity index (χ1n) is 12.3. The number of unbranched alkanes of at least 4 members (excludes halogenated alkanes) is 2. The molecule has 1 atom stereocenters. The number of morpholine rings is 1. The maximum atomic E-state index is 13.3. The number of rotatable bonds is 12. The van der Waals surface area contributed by atoms with Crippen molar-refractivity contribution in [3.63, 3.8) is 0 Å². The lowest BCUT2D eigenvalue weighted by Gasteiger charge is -2.27. The zero-order valence-corrected chi connectivity index (χ0v) is 21.3. The Morgan fingerprint density at radius 1 is 1.06 bits per heavy atom. The van der Waals surface area contributed by atoms with Crippen LogP contribution in [0.5, 0.6) is 0 Å². The van der Waals surface area contributed by atoms with E-state index in [1.807, 2.05) is 30.3 Å². The summed E-state index contributed by atoms with van der Waals surface area (Å²) in [5.74, 6) is 1.46. The molecule has 36 heavy (non-hydrogen) atoms. The van der Waals surface area contributed by atoms with Crippen LogP contribution in [-0.2, 0) is 19.6 Å². The maximum absolute atomic E-state index is 13.3. The van der Waals surface area contributed by atoms with Crippen LogP contribution in [0, 0.1) is 0 Å². The molecule has 2 N–H and O–H groups in total. The minimum Gasteiger partial charge on any atom is -0.378 e. The van der Waals surface area contributed by atoms with Crippen LogP contribution < -0.4 is 9.62 Å². The van der Waals surface area contributed by atoms with Gasteiger partial charge in [0.05, 0.1) is 31.1 Å². The topological polar surface area (TPSA) is 117 Å². The van der Waals surface area contributed by atoms with Gasteiger partial charge in [-0.3, -0.25) is 0 Å². The number of hydrogen-bond donors (Lipinski definition) is 2. The van der Waals surface area contributed by atoms with Gasteiger partial charge in [0.1, 0.15) is 22.3 Å². The molecule has 3 aromatic rings. The number of aromatic nitrogens is 3. The first-order valence-corrected chi connectivity index (χ1v) is 13.8. The second-order valence-corrected chi connectivity index (χ2v) is 10.7. The van der Waals surface area contributed by atoms with Crippen LogP contribution in [0.25, 0.3) is 11.3 Å². The van der Waals surface area contributed by atoms with Gasteiger partial charge < -0.3 is 19.4 Å². The van der Waals surface area contributed by atoms with Crippen LogP contribution in [0.2, 0.25) is 0 Å². The van der Waals surface area contributed by atoms with Crippen LogP contribution in [0.1, 0.15) is 50.9 Å². The summed E-state index contributed by atoms with van der Waals surface area (Å²) in [7, 11) is -3.84. The monoisotopic (exact) mass is 511 g/mol. The Morgan fingerprint density at radius 2 is 1.83 bits per heavy atom. The van der Waals surface area contributed by atoms with Crippen molar-refractivity contribution < 1.29 is 17.9 Å². The molecular formula is C26H33N5O4S. The average molecular weight is 512 g/mol. The van der Waals surface area contributed by atoms with Crippen LogP contribution in [0.15, 0.2) is 59.8 Å². The number of sulfonamides is 1. The molecule has 1 aliphatic heterocycles. The Morgan fingerprint density at radius 3 is 2.53 bits per heavy atom. The Labute approximate surface area is 212 Å². The molecule has 2 aromatic heterocycles. The molecule has 0 amide bonds. The number of H-pyrrole nitrogens is 1. The second kappa shape index (κ2) is 12.2. The maximum Gasteiger partial charge on any atom is 0.242 e. The number of carbonyl (C=O) groups excluding carboxylic acids is 1. The van der Waals surface area contributed by atoms with Crippen LogP contribution in [0.4, 0.5) is 5.82 Å². The number of ether oxygens (including phenoxy) is 1. The lowest BCUT2D eigenvalue weighted by Crippen LogP contribution is -2.36. The third-order valence-electron chi connectivity index (χ3n) is 6.20. The molecule has 0 aliphatic carbocycles. The van der Waals surface area contributed by atoms with E-state index in [2.05, 4.69) is 24.6 Å². The summed E-state index contributed by atoms with van der Waals surface area (Å²) in [6.45, 7) is 4.30. The molecule has 0 saturated carbocycles. The number of hydrogen-bond acceptors (Lipinski definition) is 7. The minimum absolute atomic E-state index is 0.107. The third-order valence-corrected chi connectivity index (χ3v) is 7.65. The molecule has 0 bridgehead atoms. The van der Waals surface area contributed by atoms with Gasteiger partial charge in [0.15, 0.2) is 0 Å². The number of nitrogens with one attached hydrogen (secondary N) is 2. The van der Waals surface area contributed by atoms with Crippen molar-refractivity contribution in [2.75, 3.05) is 31.2 Å². The zero-order chi connectivity index (χ0) is 25.4. The van der Waals surface area contributed by atoms with Crippen molar-refractivity contribution in [2.45, 2.75) is 50.0 Å². The number of Topliss-reactive ketones (excluding diaryl/α,β-unsaturated/α-hetero) is 1. The lowest BCUT2D eigenvalue weighted by molar-refractivity contribution is -0.117. The molecule has 10 heteroatoms. The highest BCUT2D eigenvalue weighted by Crippen LogP contribution is 2.25. The van der Waals surface area contributed by atoms with Crippen molar-refractivity contribution in [3.05, 3.63) is 60.7 Å². The number of ketones is 1. The van der Waals surface area contributed by atoms with E-state index in [0.717, 1.165) is 49.4 Å². The van der Waals surface area contributed by atoms with Crippen molar-refractivity contribution >= 4 is 21.6 Å². The van der Waals surface area contributed by atoms with E-state index >= 15 is 0 Å². The largest absolute Gasteiger partial charge is 0.378 e. The Bertz CT molecular complexity index is 1220. The first kappa shape index (κ1) is 26.0. The molecular weight excluding hydrogens is 478 g/mol. The molecule has 3 heterocycles. The number of anilines is 1. The summed E-state index contributed by atoms with van der Waals surface area (Å²) < 4.78 is 34.8. The Hall–Kier alpha value is -3.08. The van der Waals surface area contributed by atoms with Gasteiger partial charge in [-0.15, -0.1) is 0 Å². The fourth-order valence-corrected chi connectivity index (χ4v) is 5.37. The first-order chi connectivity index (χ1) is 17.4. The van der Waals surface area contributed by atoms with E-state index in [0.29, 0.717) is 31.9 Å². The van der Waals surface area contributed by atoms with E-state index in [-0.39, 0.29) is 10.7 Å². The van der Waals surface area contributed by atoms with Gasteiger partial charge in [-0.05, 0) is 37.5 Å². The predicted octanol–water partition coefficient (Wildman–Crippen LogP) is 3.87. The number of pyridine rings is 1. The number of benzene rings is 1. The summed E-state index contributed by atoms with van der Waals surface area (Å²) in [6, 6.07) is 12.6. The predicted molar refractivity (Wildman–Crippen MR) is 138 cm³/mol. The number of imidazole rings is 1. The van der Waals surface area contributed by atoms with Gasteiger partial charge in [-0.25, -0.2) is 23.1 Å². The van der Waals surface area contributed by atoms with E-state index < -0.39 is 16.1 Å². The molecule has 1 aromatic carbocycles. The molecule has 0 radical (unpaired) electrons. The van der Waals surface area contributed by atoms with Gasteiger partial charge in [0, 0.05) is 25.7 Å². The molecule has 1 aliphatic rings. The van der Waals surface area contributed by atoms with Gasteiger partial charge >= 0.3 is 0 Å². The molecule has 1 fully saturated rings. The Balaban J connectivity index is 1.49. The summed E-state index contributed by atoms with van der Waals surface area (Å²) >= 11 is 0. The van der Waals surface area contributed by atoms with Gasteiger partial charge in [0.2, 0.25) is 10.0 Å². The smallest absolute Gasteiger partial charge is 0.242 e. The Kier molecular flexibility index (Phi) is 8.84. The fourth-order valence-electron chi connectivity index (χ4n) is 4.20. The SMILES string of the molecule is CC(=O)CCCCC[C@H](NS(=O)(=O)c1ccc(N2CCOCC2)nc1)c1ncc(-c2ccccc2)[nH]1. The summed E-state index contributed by atoms with van der Waals surface area (Å²) in [6.07, 6.45) is 6.59. The standard InChI is InChI=1S/C26H33N5O4S/c1-20(32)8-4-2-7-11-23(26-28-19-24(29-26)21-9-5-3-6-10-21)30-36(33,34)22-12-13-25(27-18-22)31-14-16-35-17-15-31/h3,5-6,9-10,12-13,18-19,23,30H,2,4,7-8,11,14-17H2,1H3,(H,28,29)/t23-/m0/s1. The van der Waals surface area contributed by atoms with Gasteiger partial charge in [-0.1, -0.05) is 43.2 Å². The van der Waals surface area contributed by atoms with Crippen molar-refractivity contribution in [2.24, 2.45) is 0 Å². The lowest BCUT2D eigenvalue weighted by atomic mass is 10.1. The number of nitrogens with zero attached hydrogens (tertiary/aromatic N) is 3. The fraction of sp³-hybridized carbons (Fsp3) is 0.423. The molecule has 0 unspecified atom stereocenters. The third kappa shape index (κ3) is 6.99. The van der Waals surface area contributed by atoms with E-state index in [9.17, 15) is 13.2 Å². The molecule has 1 saturated heterocycles. The van der Waals surface area contributed by atoms with Gasteiger partial charge in [0.25, 0.3) is 0 Å². The van der Waals surface area contributed by atoms with Crippen molar-refractivity contribution in [3.8, 4) is 11.3 Å². The summed E-state index contributed by atoms with van der Waals surface area (Å²) in [4.78, 5) is 25.6. The van der Waals surface area contributed by atoms with Crippen LogP contribution in [0.3, 0.4) is 0 Å². The molecule has 192 valence electrons. The van der Waals surface area contributed by atoms with E-state index in [1.54, 1.807) is 25.3 Å². The number of carbonyl (C=O) groups is 1. The highest BCUT2D eigenvalue weighted by Gasteiger charge is 2.24. The quantitative estimate of drug-likeness (QED) is 0.355. The molecule has 0 spiro atoms. The highest BCUT2D eigenvalue weighted by molar-refractivity contribution is 7.89. The van der Waals surface area contributed by atoms with Crippen molar-refractivity contribution in [1.82, 2.24) is 19.7 Å². The molecule has 4 rings (SSSR count). The normalized spacial score (nSPS) is 15.1. The van der Waals surface area contributed by atoms with Crippen LogP contribution in [-0.4, -0.2) is 55.5 Å². The zero-order valence-electron chi connectivity index (χ0n) is 20.5. The van der Waals surface area contributed by atoms with Crippen LogP contribution >= 0.6 is 0 Å². The highest BCUT2D eigenvalue weighted by atomic mass is 32.2. The van der Waals surface area contributed by atoms with Crippen molar-refractivity contribution in [1.29, 1.82) is 0 Å².